The number of hydrogen-bond donors (Lipinski definition) is 0. The van der Waals surface area contributed by atoms with Crippen LogP contribution in [-0.2, 0) is 6.54 Å². The highest BCUT2D eigenvalue weighted by Gasteiger charge is 2.41. The van der Waals surface area contributed by atoms with E-state index in [4.69, 9.17) is 21.1 Å². The average Bonchev–Trinajstić information content (AvgIpc) is 3.02. The Hall–Kier alpha value is -0.970. The molecule has 130 valence electrons. The highest BCUT2D eigenvalue weighted by atomic mass is 35.5. The van der Waals surface area contributed by atoms with Crippen molar-refractivity contribution in [1.29, 1.82) is 0 Å². The van der Waals surface area contributed by atoms with Crippen LogP contribution in [0.1, 0.15) is 31.2 Å². The van der Waals surface area contributed by atoms with Crippen molar-refractivity contribution in [2.75, 3.05) is 33.0 Å². The Labute approximate surface area is 148 Å². The Morgan fingerprint density at radius 1 is 1.08 bits per heavy atom. The van der Waals surface area contributed by atoms with E-state index in [0.29, 0.717) is 6.79 Å². The second kappa shape index (κ2) is 6.08. The van der Waals surface area contributed by atoms with Gasteiger partial charge < -0.3 is 9.47 Å². The fraction of sp³-hybridized carbons (Fsp3) is 0.684. The Morgan fingerprint density at radius 2 is 1.96 bits per heavy atom. The molecule has 4 aliphatic heterocycles. The quantitative estimate of drug-likeness (QED) is 0.818. The number of benzene rings is 1. The molecule has 0 amide bonds. The van der Waals surface area contributed by atoms with Gasteiger partial charge in [0.2, 0.25) is 6.79 Å². The van der Waals surface area contributed by atoms with Crippen molar-refractivity contribution in [3.05, 3.63) is 22.7 Å². The predicted molar refractivity (Wildman–Crippen MR) is 93.7 cm³/mol. The van der Waals surface area contributed by atoms with Crippen molar-refractivity contribution in [3.63, 3.8) is 0 Å². The van der Waals surface area contributed by atoms with Crippen molar-refractivity contribution in [1.82, 2.24) is 9.80 Å². The van der Waals surface area contributed by atoms with Crippen LogP contribution in [0.2, 0.25) is 5.02 Å². The summed E-state index contributed by atoms with van der Waals surface area (Å²) in [6.45, 7) is 6.26. The molecule has 2 bridgehead atoms. The third kappa shape index (κ3) is 2.69. The lowest BCUT2D eigenvalue weighted by Gasteiger charge is -2.52. The molecular weight excluding hydrogens is 324 g/mol. The number of rotatable bonds is 2. The minimum Gasteiger partial charge on any atom is -0.454 e. The lowest BCUT2D eigenvalue weighted by atomic mass is 9.76. The summed E-state index contributed by atoms with van der Waals surface area (Å²) in [6.07, 6.45) is 5.63. The number of piperidine rings is 3. The van der Waals surface area contributed by atoms with Crippen LogP contribution >= 0.6 is 11.6 Å². The average molecular weight is 349 g/mol. The van der Waals surface area contributed by atoms with Gasteiger partial charge in [0, 0.05) is 43.3 Å². The summed E-state index contributed by atoms with van der Waals surface area (Å²) in [4.78, 5) is 5.40. The van der Waals surface area contributed by atoms with Crippen molar-refractivity contribution in [3.8, 4) is 11.5 Å². The monoisotopic (exact) mass is 348 g/mol. The van der Waals surface area contributed by atoms with Crippen LogP contribution < -0.4 is 9.47 Å². The molecule has 4 aliphatic rings. The first-order valence-electron chi connectivity index (χ1n) is 9.30. The maximum absolute atomic E-state index is 6.49. The molecule has 0 N–H and O–H groups in total. The molecule has 4 nitrogen and oxygen atoms in total. The van der Waals surface area contributed by atoms with E-state index in [1.54, 1.807) is 0 Å². The van der Waals surface area contributed by atoms with E-state index in [1.807, 2.05) is 6.07 Å². The molecule has 3 atom stereocenters. The highest BCUT2D eigenvalue weighted by molar-refractivity contribution is 6.31. The van der Waals surface area contributed by atoms with Crippen LogP contribution in [0.5, 0.6) is 11.5 Å². The molecular formula is C19H25ClN2O2. The topological polar surface area (TPSA) is 24.9 Å². The van der Waals surface area contributed by atoms with E-state index < -0.39 is 0 Å². The van der Waals surface area contributed by atoms with E-state index >= 15 is 0 Å². The van der Waals surface area contributed by atoms with Gasteiger partial charge in [-0.05, 0) is 49.3 Å². The largest absolute Gasteiger partial charge is 0.454 e. The van der Waals surface area contributed by atoms with Gasteiger partial charge in [-0.2, -0.15) is 0 Å². The minimum absolute atomic E-state index is 0.306. The first-order valence-corrected chi connectivity index (χ1v) is 9.68. The summed E-state index contributed by atoms with van der Waals surface area (Å²) in [5, 5.41) is 0.800. The molecule has 0 aliphatic carbocycles. The van der Waals surface area contributed by atoms with Crippen molar-refractivity contribution in [2.45, 2.75) is 38.3 Å². The lowest BCUT2D eigenvalue weighted by Crippen LogP contribution is -2.58. The maximum Gasteiger partial charge on any atom is 0.231 e. The number of nitrogens with zero attached hydrogens (tertiary/aromatic N) is 2. The zero-order valence-electron chi connectivity index (χ0n) is 14.0. The van der Waals surface area contributed by atoms with Gasteiger partial charge in [-0.25, -0.2) is 0 Å². The first-order chi connectivity index (χ1) is 11.8. The molecule has 0 saturated carbocycles. The maximum atomic E-state index is 6.49. The molecule has 0 aromatic heterocycles. The van der Waals surface area contributed by atoms with Gasteiger partial charge in [-0.3, -0.25) is 9.80 Å². The number of hydrogen-bond acceptors (Lipinski definition) is 4. The second-order valence-electron chi connectivity index (χ2n) is 7.91. The normalized spacial score (nSPS) is 32.6. The van der Waals surface area contributed by atoms with E-state index in [9.17, 15) is 0 Å². The lowest BCUT2D eigenvalue weighted by molar-refractivity contribution is -0.0325. The molecule has 4 heterocycles. The highest BCUT2D eigenvalue weighted by Crippen LogP contribution is 2.40. The molecule has 3 saturated heterocycles. The van der Waals surface area contributed by atoms with Gasteiger partial charge in [-0.15, -0.1) is 0 Å². The van der Waals surface area contributed by atoms with Gasteiger partial charge >= 0.3 is 0 Å². The Morgan fingerprint density at radius 3 is 2.88 bits per heavy atom. The third-order valence-electron chi connectivity index (χ3n) is 6.28. The van der Waals surface area contributed by atoms with Crippen molar-refractivity contribution < 1.29 is 9.47 Å². The summed E-state index contributed by atoms with van der Waals surface area (Å²) >= 11 is 6.49. The van der Waals surface area contributed by atoms with Crippen LogP contribution in [0.3, 0.4) is 0 Å². The molecule has 24 heavy (non-hydrogen) atoms. The van der Waals surface area contributed by atoms with Crippen LogP contribution in [0.15, 0.2) is 12.1 Å². The third-order valence-corrected chi connectivity index (χ3v) is 6.63. The van der Waals surface area contributed by atoms with E-state index in [-0.39, 0.29) is 0 Å². The van der Waals surface area contributed by atoms with Gasteiger partial charge in [0.25, 0.3) is 0 Å². The zero-order chi connectivity index (χ0) is 16.1. The van der Waals surface area contributed by atoms with Crippen LogP contribution in [0, 0.1) is 11.8 Å². The molecule has 0 spiro atoms. The first kappa shape index (κ1) is 15.3. The zero-order valence-corrected chi connectivity index (χ0v) is 14.8. The summed E-state index contributed by atoms with van der Waals surface area (Å²) in [5.41, 5.74) is 1.17. The predicted octanol–water partition coefficient (Wildman–Crippen LogP) is 3.37. The van der Waals surface area contributed by atoms with E-state index in [0.717, 1.165) is 40.9 Å². The van der Waals surface area contributed by atoms with Crippen molar-refractivity contribution >= 4 is 11.6 Å². The fourth-order valence-corrected chi connectivity index (χ4v) is 5.53. The number of halogens is 1. The number of likely N-dealkylation sites (tertiary alicyclic amines) is 1. The molecule has 0 unspecified atom stereocenters. The SMILES string of the molecule is Clc1cc2c(cc1CN1C[C@@H]3C[C@H](C1)[C@@H]1CCCCN1C3)OCO2. The van der Waals surface area contributed by atoms with E-state index in [1.165, 1.54) is 57.4 Å². The molecule has 1 aromatic rings. The Kier molecular flexibility index (Phi) is 3.88. The summed E-state index contributed by atoms with van der Waals surface area (Å²) in [7, 11) is 0. The van der Waals surface area contributed by atoms with Crippen molar-refractivity contribution in [2.24, 2.45) is 11.8 Å². The number of fused-ring (bicyclic) bond motifs is 5. The van der Waals surface area contributed by atoms with E-state index in [2.05, 4.69) is 15.9 Å². The van der Waals surface area contributed by atoms with Crippen LogP contribution in [0.25, 0.3) is 0 Å². The minimum atomic E-state index is 0.306. The van der Waals surface area contributed by atoms with Crippen LogP contribution in [0.4, 0.5) is 0 Å². The van der Waals surface area contributed by atoms with Gasteiger partial charge in [0.15, 0.2) is 11.5 Å². The molecule has 5 rings (SSSR count). The molecule has 3 fully saturated rings. The summed E-state index contributed by atoms with van der Waals surface area (Å²) in [6, 6.07) is 4.81. The fourth-order valence-electron chi connectivity index (χ4n) is 5.32. The standard InChI is InChI=1S/C19H25ClN2O2/c20-16-7-19-18(23-12-24-19)6-14(16)10-21-8-13-5-15(11-21)17-3-1-2-4-22(17)9-13/h6-7,13,15,17H,1-5,8-12H2/t13-,15+,17-/m0/s1. The molecule has 5 heteroatoms. The second-order valence-corrected chi connectivity index (χ2v) is 8.32. The van der Waals surface area contributed by atoms with Crippen LogP contribution in [-0.4, -0.2) is 48.8 Å². The smallest absolute Gasteiger partial charge is 0.231 e. The summed E-state index contributed by atoms with van der Waals surface area (Å²) in [5.74, 6) is 3.28. The molecule has 0 radical (unpaired) electrons. The van der Waals surface area contributed by atoms with Gasteiger partial charge in [0.1, 0.15) is 0 Å². The summed E-state index contributed by atoms with van der Waals surface area (Å²) < 4.78 is 10.9. The Balaban J connectivity index is 1.32. The van der Waals surface area contributed by atoms with Gasteiger partial charge in [0.05, 0.1) is 0 Å². The van der Waals surface area contributed by atoms with Gasteiger partial charge in [-0.1, -0.05) is 18.0 Å². The Bertz CT molecular complexity index is 638. The molecule has 1 aromatic carbocycles. The number of ether oxygens (including phenoxy) is 2.